The van der Waals surface area contributed by atoms with Crippen molar-refractivity contribution < 1.29 is 4.92 Å². The summed E-state index contributed by atoms with van der Waals surface area (Å²) >= 11 is 0. The number of nitrogens with two attached hydrogens (primary N) is 1. The smallest absolute Gasteiger partial charge is 0.269 e. The summed E-state index contributed by atoms with van der Waals surface area (Å²) in [4.78, 5) is 14.3. The molecule has 6 nitrogen and oxygen atoms in total. The molecule has 6 heteroatoms. The van der Waals surface area contributed by atoms with Gasteiger partial charge in [-0.3, -0.25) is 10.1 Å². The zero-order valence-corrected chi connectivity index (χ0v) is 10.5. The van der Waals surface area contributed by atoms with E-state index in [1.807, 2.05) is 13.0 Å². The third-order valence-corrected chi connectivity index (χ3v) is 2.71. The van der Waals surface area contributed by atoms with Gasteiger partial charge in [0.2, 0.25) is 0 Å². The quantitative estimate of drug-likeness (QED) is 0.649. The fourth-order valence-electron chi connectivity index (χ4n) is 1.70. The number of benzene rings is 1. The molecular weight excluding hydrogens is 244 g/mol. The Morgan fingerprint density at radius 2 is 2.05 bits per heavy atom. The zero-order valence-electron chi connectivity index (χ0n) is 10.5. The predicted octanol–water partition coefficient (Wildman–Crippen LogP) is 2.49. The van der Waals surface area contributed by atoms with Crippen LogP contribution >= 0.6 is 0 Å². The fraction of sp³-hybridized carbons (Fsp3) is 0.154. The largest absolute Gasteiger partial charge is 0.397 e. The van der Waals surface area contributed by atoms with E-state index in [1.54, 1.807) is 18.3 Å². The fourth-order valence-corrected chi connectivity index (χ4v) is 1.70. The number of aryl methyl sites for hydroxylation is 1. The normalized spacial score (nSPS) is 10.2. The van der Waals surface area contributed by atoms with Gasteiger partial charge in [-0.2, -0.15) is 0 Å². The molecule has 2 aromatic rings. The number of pyridine rings is 1. The van der Waals surface area contributed by atoms with Crippen molar-refractivity contribution in [1.29, 1.82) is 0 Å². The molecule has 98 valence electrons. The van der Waals surface area contributed by atoms with Crippen molar-refractivity contribution in [3.63, 3.8) is 0 Å². The van der Waals surface area contributed by atoms with Gasteiger partial charge in [0.05, 0.1) is 16.8 Å². The summed E-state index contributed by atoms with van der Waals surface area (Å²) in [6.45, 7) is 2.47. The Balaban J connectivity index is 2.04. The lowest BCUT2D eigenvalue weighted by molar-refractivity contribution is -0.384. The van der Waals surface area contributed by atoms with Gasteiger partial charge >= 0.3 is 0 Å². The first-order valence-corrected chi connectivity index (χ1v) is 5.75. The molecule has 0 aliphatic carbocycles. The molecule has 0 fully saturated rings. The highest BCUT2D eigenvalue weighted by Crippen LogP contribution is 2.16. The summed E-state index contributed by atoms with van der Waals surface area (Å²) < 4.78 is 0. The molecule has 19 heavy (non-hydrogen) atoms. The van der Waals surface area contributed by atoms with Crippen LogP contribution in [-0.2, 0) is 6.54 Å². The molecule has 1 aromatic heterocycles. The maximum atomic E-state index is 10.5. The van der Waals surface area contributed by atoms with Crippen LogP contribution in [0.5, 0.6) is 0 Å². The number of anilines is 2. The Labute approximate surface area is 110 Å². The van der Waals surface area contributed by atoms with Crippen molar-refractivity contribution in [2.75, 3.05) is 11.1 Å². The van der Waals surface area contributed by atoms with Gasteiger partial charge in [0.15, 0.2) is 0 Å². The highest BCUT2D eigenvalue weighted by Gasteiger charge is 2.04. The number of rotatable bonds is 4. The average Bonchev–Trinajstić information content (AvgIpc) is 2.38. The summed E-state index contributed by atoms with van der Waals surface area (Å²) in [5.41, 5.74) is 8.25. The second-order valence-electron chi connectivity index (χ2n) is 4.21. The minimum absolute atomic E-state index is 0.0885. The molecular formula is C13H14N4O2. The number of hydrogen-bond acceptors (Lipinski definition) is 5. The molecule has 0 saturated carbocycles. The Hall–Kier alpha value is -2.63. The minimum atomic E-state index is -0.414. The summed E-state index contributed by atoms with van der Waals surface area (Å²) in [5.74, 6) is 0.757. The van der Waals surface area contributed by atoms with E-state index in [0.29, 0.717) is 12.2 Å². The van der Waals surface area contributed by atoms with Gasteiger partial charge in [0.1, 0.15) is 5.82 Å². The van der Waals surface area contributed by atoms with Crippen molar-refractivity contribution in [2.45, 2.75) is 13.5 Å². The molecule has 0 spiro atoms. The van der Waals surface area contributed by atoms with Crippen molar-refractivity contribution >= 4 is 17.2 Å². The Bertz CT molecular complexity index is 596. The van der Waals surface area contributed by atoms with Crippen molar-refractivity contribution in [1.82, 2.24) is 4.98 Å². The number of nitrogens with zero attached hydrogens (tertiary/aromatic N) is 2. The molecule has 0 unspecified atom stereocenters. The molecule has 1 heterocycles. The molecule has 2 rings (SSSR count). The maximum absolute atomic E-state index is 10.5. The van der Waals surface area contributed by atoms with Crippen molar-refractivity contribution in [3.8, 4) is 0 Å². The van der Waals surface area contributed by atoms with Crippen LogP contribution in [-0.4, -0.2) is 9.91 Å². The monoisotopic (exact) mass is 258 g/mol. The Morgan fingerprint density at radius 1 is 1.37 bits per heavy atom. The van der Waals surface area contributed by atoms with Gasteiger partial charge in [0, 0.05) is 18.7 Å². The molecule has 0 amide bonds. The topological polar surface area (TPSA) is 94.1 Å². The first kappa shape index (κ1) is 12.8. The van der Waals surface area contributed by atoms with Crippen LogP contribution < -0.4 is 11.1 Å². The van der Waals surface area contributed by atoms with Gasteiger partial charge < -0.3 is 11.1 Å². The first-order chi connectivity index (χ1) is 9.06. The molecule has 3 N–H and O–H groups in total. The number of nitro groups is 1. The third kappa shape index (κ3) is 3.19. The van der Waals surface area contributed by atoms with E-state index < -0.39 is 4.92 Å². The molecule has 1 aromatic carbocycles. The van der Waals surface area contributed by atoms with Gasteiger partial charge in [0.25, 0.3) is 5.69 Å². The summed E-state index contributed by atoms with van der Waals surface area (Å²) in [5, 5.41) is 13.7. The number of nitrogens with one attached hydrogen (secondary N) is 1. The number of aromatic nitrogens is 1. The second-order valence-corrected chi connectivity index (χ2v) is 4.21. The van der Waals surface area contributed by atoms with E-state index in [2.05, 4.69) is 10.3 Å². The van der Waals surface area contributed by atoms with Gasteiger partial charge in [-0.05, 0) is 24.1 Å². The maximum Gasteiger partial charge on any atom is 0.269 e. The lowest BCUT2D eigenvalue weighted by atomic mass is 10.2. The number of hydrogen-bond donors (Lipinski definition) is 2. The highest BCUT2D eigenvalue weighted by atomic mass is 16.6. The van der Waals surface area contributed by atoms with Crippen LogP contribution in [0.3, 0.4) is 0 Å². The highest BCUT2D eigenvalue weighted by molar-refractivity contribution is 5.51. The molecule has 0 atom stereocenters. The van der Waals surface area contributed by atoms with E-state index in [1.165, 1.54) is 12.1 Å². The number of nitrogen functional groups attached to an aromatic ring is 1. The van der Waals surface area contributed by atoms with Crippen LogP contribution in [0.2, 0.25) is 0 Å². The number of non-ortho nitro benzene ring substituents is 1. The van der Waals surface area contributed by atoms with E-state index >= 15 is 0 Å². The number of nitro benzene ring substituents is 1. The van der Waals surface area contributed by atoms with Crippen LogP contribution in [0, 0.1) is 17.0 Å². The van der Waals surface area contributed by atoms with E-state index in [-0.39, 0.29) is 5.69 Å². The Kier molecular flexibility index (Phi) is 3.61. The van der Waals surface area contributed by atoms with E-state index in [9.17, 15) is 10.1 Å². The summed E-state index contributed by atoms with van der Waals surface area (Å²) in [7, 11) is 0. The Morgan fingerprint density at radius 3 is 2.63 bits per heavy atom. The second kappa shape index (κ2) is 5.34. The molecule has 0 saturated heterocycles. The van der Waals surface area contributed by atoms with E-state index in [4.69, 9.17) is 5.73 Å². The lowest BCUT2D eigenvalue weighted by Crippen LogP contribution is -2.03. The summed E-state index contributed by atoms with van der Waals surface area (Å²) in [6.07, 6.45) is 1.59. The van der Waals surface area contributed by atoms with Crippen LogP contribution in [0.25, 0.3) is 0 Å². The standard InChI is InChI=1S/C13H14N4O2/c1-9-6-11(14)8-16-13(9)15-7-10-2-4-12(5-3-10)17(18)19/h2-6,8H,7,14H2,1H3,(H,15,16). The van der Waals surface area contributed by atoms with E-state index in [0.717, 1.165) is 16.9 Å². The predicted molar refractivity (Wildman–Crippen MR) is 73.8 cm³/mol. The van der Waals surface area contributed by atoms with Gasteiger partial charge in [-0.15, -0.1) is 0 Å². The van der Waals surface area contributed by atoms with Crippen LogP contribution in [0.4, 0.5) is 17.2 Å². The third-order valence-electron chi connectivity index (χ3n) is 2.71. The SMILES string of the molecule is Cc1cc(N)cnc1NCc1ccc([N+](=O)[O-])cc1. The molecule has 0 bridgehead atoms. The minimum Gasteiger partial charge on any atom is -0.397 e. The molecule has 0 radical (unpaired) electrons. The summed E-state index contributed by atoms with van der Waals surface area (Å²) in [6, 6.07) is 8.25. The lowest BCUT2D eigenvalue weighted by Gasteiger charge is -2.08. The zero-order chi connectivity index (χ0) is 13.8. The van der Waals surface area contributed by atoms with Crippen LogP contribution in [0.1, 0.15) is 11.1 Å². The molecule has 0 aliphatic heterocycles. The van der Waals surface area contributed by atoms with Crippen molar-refractivity contribution in [2.24, 2.45) is 0 Å². The van der Waals surface area contributed by atoms with Crippen molar-refractivity contribution in [3.05, 3.63) is 57.8 Å². The average molecular weight is 258 g/mol. The van der Waals surface area contributed by atoms with Gasteiger partial charge in [-0.25, -0.2) is 4.98 Å². The molecule has 0 aliphatic rings. The first-order valence-electron chi connectivity index (χ1n) is 5.75. The van der Waals surface area contributed by atoms with Gasteiger partial charge in [-0.1, -0.05) is 12.1 Å². The van der Waals surface area contributed by atoms with Crippen LogP contribution in [0.15, 0.2) is 36.5 Å².